The number of benzene rings is 1. The van der Waals surface area contributed by atoms with E-state index >= 15 is 0 Å². The molecule has 108 valence electrons. The summed E-state index contributed by atoms with van der Waals surface area (Å²) in [5.41, 5.74) is 9.09. The van der Waals surface area contributed by atoms with Gasteiger partial charge in [0, 0.05) is 12.3 Å². The lowest BCUT2D eigenvalue weighted by atomic mass is 10.3. The standard InChI is InChI=1S/C13H13N5OS2/c1-9(19)18(11-5-3-2-4-6-11)13-16-10(8-21-13)7-15-17-12(14)20/h2-8H,1H3,(H3,14,17,20)/b15-7+. The van der Waals surface area contributed by atoms with Gasteiger partial charge in [0.15, 0.2) is 10.2 Å². The van der Waals surface area contributed by atoms with Gasteiger partial charge in [-0.1, -0.05) is 18.2 Å². The Morgan fingerprint density at radius 2 is 2.19 bits per heavy atom. The van der Waals surface area contributed by atoms with E-state index in [4.69, 9.17) is 5.73 Å². The summed E-state index contributed by atoms with van der Waals surface area (Å²) in [6, 6.07) is 9.33. The number of nitrogens with one attached hydrogen (secondary N) is 1. The molecule has 0 saturated carbocycles. The summed E-state index contributed by atoms with van der Waals surface area (Å²) in [5, 5.41) is 6.28. The van der Waals surface area contributed by atoms with Gasteiger partial charge in [-0.2, -0.15) is 5.10 Å². The van der Waals surface area contributed by atoms with E-state index in [-0.39, 0.29) is 11.0 Å². The number of thiazole rings is 1. The van der Waals surface area contributed by atoms with E-state index in [0.717, 1.165) is 5.69 Å². The highest BCUT2D eigenvalue weighted by Gasteiger charge is 2.17. The zero-order chi connectivity index (χ0) is 15.2. The minimum atomic E-state index is -0.111. The van der Waals surface area contributed by atoms with Crippen LogP contribution in [0.25, 0.3) is 0 Å². The van der Waals surface area contributed by atoms with Gasteiger partial charge in [0.2, 0.25) is 5.91 Å². The number of rotatable bonds is 4. The predicted octanol–water partition coefficient (Wildman–Crippen LogP) is 1.99. The summed E-state index contributed by atoms with van der Waals surface area (Å²) >= 11 is 5.99. The van der Waals surface area contributed by atoms with Crippen LogP contribution in [0.5, 0.6) is 0 Å². The zero-order valence-electron chi connectivity index (χ0n) is 11.2. The number of carbonyl (C=O) groups excluding carboxylic acids is 1. The van der Waals surface area contributed by atoms with Gasteiger partial charge in [-0.05, 0) is 24.4 Å². The lowest BCUT2D eigenvalue weighted by Crippen LogP contribution is -2.24. The van der Waals surface area contributed by atoms with Crippen LogP contribution in [0.2, 0.25) is 0 Å². The van der Waals surface area contributed by atoms with Crippen LogP contribution < -0.4 is 16.1 Å². The number of anilines is 2. The molecular weight excluding hydrogens is 306 g/mol. The smallest absolute Gasteiger partial charge is 0.230 e. The second kappa shape index (κ2) is 6.91. The molecule has 6 nitrogen and oxygen atoms in total. The first-order chi connectivity index (χ1) is 10.1. The number of carbonyl (C=O) groups is 1. The van der Waals surface area contributed by atoms with Crippen LogP contribution in [-0.2, 0) is 4.79 Å². The van der Waals surface area contributed by atoms with Crippen molar-refractivity contribution in [1.82, 2.24) is 10.4 Å². The molecule has 0 fully saturated rings. The minimum Gasteiger partial charge on any atom is -0.375 e. The molecule has 0 aliphatic carbocycles. The summed E-state index contributed by atoms with van der Waals surface area (Å²) in [6.45, 7) is 1.50. The van der Waals surface area contributed by atoms with E-state index in [0.29, 0.717) is 10.8 Å². The van der Waals surface area contributed by atoms with Crippen LogP contribution in [0, 0.1) is 0 Å². The minimum absolute atomic E-state index is 0.0800. The third kappa shape index (κ3) is 4.07. The lowest BCUT2D eigenvalue weighted by Gasteiger charge is -2.17. The maximum Gasteiger partial charge on any atom is 0.230 e. The van der Waals surface area contributed by atoms with E-state index < -0.39 is 0 Å². The van der Waals surface area contributed by atoms with Gasteiger partial charge in [-0.15, -0.1) is 11.3 Å². The topological polar surface area (TPSA) is 83.6 Å². The van der Waals surface area contributed by atoms with E-state index in [9.17, 15) is 4.79 Å². The normalized spacial score (nSPS) is 10.5. The molecule has 0 atom stereocenters. The molecule has 2 rings (SSSR count). The molecule has 0 radical (unpaired) electrons. The van der Waals surface area contributed by atoms with Crippen molar-refractivity contribution in [3.8, 4) is 0 Å². The van der Waals surface area contributed by atoms with Crippen molar-refractivity contribution in [3.63, 3.8) is 0 Å². The molecule has 0 bridgehead atoms. The van der Waals surface area contributed by atoms with Crippen molar-refractivity contribution in [2.45, 2.75) is 6.92 Å². The van der Waals surface area contributed by atoms with E-state index in [2.05, 4.69) is 27.7 Å². The molecule has 1 aromatic heterocycles. The number of thiocarbonyl (C=S) groups is 1. The van der Waals surface area contributed by atoms with E-state index in [1.165, 1.54) is 24.5 Å². The van der Waals surface area contributed by atoms with Gasteiger partial charge >= 0.3 is 0 Å². The summed E-state index contributed by atoms with van der Waals surface area (Å²) < 4.78 is 0. The number of aromatic nitrogens is 1. The average molecular weight is 319 g/mol. The van der Waals surface area contributed by atoms with Crippen LogP contribution in [0.3, 0.4) is 0 Å². The van der Waals surface area contributed by atoms with Crippen LogP contribution in [0.15, 0.2) is 40.8 Å². The summed E-state index contributed by atoms with van der Waals surface area (Å²) in [7, 11) is 0. The SMILES string of the molecule is CC(=O)N(c1ccccc1)c1nc(/C=N/NC(N)=S)cs1. The molecule has 0 saturated heterocycles. The van der Waals surface area contributed by atoms with Crippen LogP contribution in [0.4, 0.5) is 10.8 Å². The number of hydrogen-bond acceptors (Lipinski definition) is 5. The second-order valence-corrected chi connectivity index (χ2v) is 5.26. The molecule has 0 aliphatic rings. The predicted molar refractivity (Wildman–Crippen MR) is 88.9 cm³/mol. The van der Waals surface area contributed by atoms with Crippen LogP contribution in [-0.4, -0.2) is 22.2 Å². The van der Waals surface area contributed by atoms with Crippen molar-refractivity contribution in [2.75, 3.05) is 4.90 Å². The second-order valence-electron chi connectivity index (χ2n) is 3.98. The molecule has 3 N–H and O–H groups in total. The first-order valence-electron chi connectivity index (χ1n) is 5.97. The summed E-state index contributed by atoms with van der Waals surface area (Å²) in [5.74, 6) is -0.111. The van der Waals surface area contributed by atoms with Gasteiger partial charge in [-0.25, -0.2) is 4.98 Å². The highest BCUT2D eigenvalue weighted by Crippen LogP contribution is 2.28. The van der Waals surface area contributed by atoms with Gasteiger partial charge in [-0.3, -0.25) is 15.1 Å². The number of hydrazone groups is 1. The molecule has 0 aliphatic heterocycles. The Morgan fingerprint density at radius 1 is 1.48 bits per heavy atom. The number of hydrogen-bond donors (Lipinski definition) is 2. The Labute approximate surface area is 131 Å². The summed E-state index contributed by atoms with van der Waals surface area (Å²) in [6.07, 6.45) is 1.49. The van der Waals surface area contributed by atoms with Crippen molar-refractivity contribution < 1.29 is 4.79 Å². The molecule has 2 aromatic rings. The fourth-order valence-corrected chi connectivity index (χ4v) is 2.49. The van der Waals surface area contributed by atoms with E-state index in [1.54, 1.807) is 10.3 Å². The number of amides is 1. The largest absolute Gasteiger partial charge is 0.375 e. The molecule has 1 heterocycles. The van der Waals surface area contributed by atoms with Crippen molar-refractivity contribution in [3.05, 3.63) is 41.4 Å². The highest BCUT2D eigenvalue weighted by atomic mass is 32.1. The van der Waals surface area contributed by atoms with E-state index in [1.807, 2.05) is 30.3 Å². The van der Waals surface area contributed by atoms with Crippen molar-refractivity contribution in [2.24, 2.45) is 10.8 Å². The summed E-state index contributed by atoms with van der Waals surface area (Å²) in [4.78, 5) is 17.8. The Balaban J connectivity index is 2.23. The Morgan fingerprint density at radius 3 is 2.81 bits per heavy atom. The fourth-order valence-electron chi connectivity index (χ4n) is 1.60. The van der Waals surface area contributed by atoms with Gasteiger partial charge in [0.25, 0.3) is 0 Å². The van der Waals surface area contributed by atoms with Gasteiger partial charge in [0.05, 0.1) is 17.6 Å². The molecule has 0 spiro atoms. The van der Waals surface area contributed by atoms with Gasteiger partial charge in [0.1, 0.15) is 0 Å². The lowest BCUT2D eigenvalue weighted by molar-refractivity contribution is -0.115. The molecule has 1 amide bonds. The van der Waals surface area contributed by atoms with Crippen LogP contribution in [0.1, 0.15) is 12.6 Å². The molecular formula is C13H13N5OS2. The first kappa shape index (κ1) is 15.1. The third-order valence-electron chi connectivity index (χ3n) is 2.40. The number of nitrogens with two attached hydrogens (primary N) is 1. The molecule has 0 unspecified atom stereocenters. The monoisotopic (exact) mass is 319 g/mol. The highest BCUT2D eigenvalue weighted by molar-refractivity contribution is 7.80. The maximum absolute atomic E-state index is 11.9. The Bertz CT molecular complexity index is 668. The maximum atomic E-state index is 11.9. The van der Waals surface area contributed by atoms with Crippen molar-refractivity contribution in [1.29, 1.82) is 0 Å². The molecule has 1 aromatic carbocycles. The number of para-hydroxylation sites is 1. The fraction of sp³-hybridized carbons (Fsp3) is 0.0769. The van der Waals surface area contributed by atoms with Gasteiger partial charge < -0.3 is 5.73 Å². The molecule has 21 heavy (non-hydrogen) atoms. The quantitative estimate of drug-likeness (QED) is 0.511. The van der Waals surface area contributed by atoms with Crippen LogP contribution >= 0.6 is 23.6 Å². The Kier molecular flexibility index (Phi) is 4.96. The first-order valence-corrected chi connectivity index (χ1v) is 7.26. The Hall–Kier alpha value is -2.32. The molecule has 8 heteroatoms. The third-order valence-corrected chi connectivity index (χ3v) is 3.34. The average Bonchev–Trinajstić information content (AvgIpc) is 2.88. The number of nitrogens with zero attached hydrogens (tertiary/aromatic N) is 3. The zero-order valence-corrected chi connectivity index (χ0v) is 12.8. The van der Waals surface area contributed by atoms with Crippen molar-refractivity contribution >= 4 is 51.6 Å².